The molecule has 0 bridgehead atoms. The summed E-state index contributed by atoms with van der Waals surface area (Å²) in [5, 5.41) is 0. The van der Waals surface area contributed by atoms with Gasteiger partial charge in [-0.2, -0.15) is 11.8 Å². The van der Waals surface area contributed by atoms with E-state index < -0.39 is 0 Å². The molecule has 0 aliphatic heterocycles. The first-order chi connectivity index (χ1) is 6.20. The molecule has 0 aromatic carbocycles. The number of methoxy groups -OCH3 is 1. The van der Waals surface area contributed by atoms with Crippen molar-refractivity contribution < 1.29 is 9.53 Å². The number of carbonyl (C=O) groups excluding carboxylic acids is 1. The molecule has 3 nitrogen and oxygen atoms in total. The van der Waals surface area contributed by atoms with Crippen LogP contribution in [0, 0.1) is 0 Å². The third-order valence-corrected chi connectivity index (χ3v) is 2.51. The molecule has 0 aromatic rings. The molecule has 0 saturated carbocycles. The van der Waals surface area contributed by atoms with Crippen LogP contribution in [-0.4, -0.2) is 50.1 Å². The molecular weight excluding hydrogens is 186 g/mol. The average molecular weight is 205 g/mol. The van der Waals surface area contributed by atoms with Gasteiger partial charge in [-0.1, -0.05) is 0 Å². The van der Waals surface area contributed by atoms with Crippen molar-refractivity contribution in [2.24, 2.45) is 0 Å². The summed E-state index contributed by atoms with van der Waals surface area (Å²) in [5.74, 6) is 1.06. The number of rotatable bonds is 7. The summed E-state index contributed by atoms with van der Waals surface area (Å²) in [4.78, 5) is 13.0. The fourth-order valence-corrected chi connectivity index (χ4v) is 1.39. The van der Waals surface area contributed by atoms with Crippen molar-refractivity contribution in [3.63, 3.8) is 0 Å². The van der Waals surface area contributed by atoms with Crippen molar-refractivity contribution in [1.82, 2.24) is 4.90 Å². The lowest BCUT2D eigenvalue weighted by Gasteiger charge is -2.14. The average Bonchev–Trinajstić information content (AvgIpc) is 2.14. The summed E-state index contributed by atoms with van der Waals surface area (Å²) in [6, 6.07) is 0. The van der Waals surface area contributed by atoms with E-state index in [1.54, 1.807) is 0 Å². The Balaban J connectivity index is 3.29. The van der Waals surface area contributed by atoms with Crippen molar-refractivity contribution in [3.05, 3.63) is 0 Å². The van der Waals surface area contributed by atoms with Crippen LogP contribution in [0.25, 0.3) is 0 Å². The molecule has 78 valence electrons. The first-order valence-corrected chi connectivity index (χ1v) is 5.84. The van der Waals surface area contributed by atoms with Gasteiger partial charge in [0, 0.05) is 6.54 Å². The van der Waals surface area contributed by atoms with Gasteiger partial charge in [0.15, 0.2) is 0 Å². The Kier molecular flexibility index (Phi) is 8.24. The quantitative estimate of drug-likeness (QED) is 0.462. The first kappa shape index (κ1) is 12.8. The molecule has 0 amide bonds. The van der Waals surface area contributed by atoms with E-state index in [0.29, 0.717) is 6.42 Å². The molecule has 13 heavy (non-hydrogen) atoms. The second-order valence-corrected chi connectivity index (χ2v) is 3.96. The maximum atomic E-state index is 10.8. The lowest BCUT2D eigenvalue weighted by Crippen LogP contribution is -2.23. The highest BCUT2D eigenvalue weighted by atomic mass is 32.2. The van der Waals surface area contributed by atoms with Crippen molar-refractivity contribution in [2.45, 2.75) is 12.8 Å². The second-order valence-electron chi connectivity index (χ2n) is 2.98. The lowest BCUT2D eigenvalue weighted by molar-refractivity contribution is -0.140. The van der Waals surface area contributed by atoms with E-state index in [-0.39, 0.29) is 5.97 Å². The van der Waals surface area contributed by atoms with E-state index in [1.807, 2.05) is 18.8 Å². The van der Waals surface area contributed by atoms with Gasteiger partial charge in [0.05, 0.1) is 13.5 Å². The highest BCUT2D eigenvalue weighted by molar-refractivity contribution is 7.98. The van der Waals surface area contributed by atoms with E-state index in [1.165, 1.54) is 19.3 Å². The molecule has 0 unspecified atom stereocenters. The Labute approximate surface area is 84.8 Å². The van der Waals surface area contributed by atoms with Crippen LogP contribution in [0.4, 0.5) is 0 Å². The maximum Gasteiger partial charge on any atom is 0.306 e. The number of hydrogen-bond acceptors (Lipinski definition) is 4. The highest BCUT2D eigenvalue weighted by Crippen LogP contribution is 1.98. The molecule has 0 fully saturated rings. The normalized spacial score (nSPS) is 10.5. The third kappa shape index (κ3) is 8.12. The predicted molar refractivity (Wildman–Crippen MR) is 57.1 cm³/mol. The molecule has 0 aromatic heterocycles. The van der Waals surface area contributed by atoms with Gasteiger partial charge >= 0.3 is 5.97 Å². The summed E-state index contributed by atoms with van der Waals surface area (Å²) in [6.07, 6.45) is 3.78. The van der Waals surface area contributed by atoms with Crippen LogP contribution in [0.5, 0.6) is 0 Å². The highest BCUT2D eigenvalue weighted by Gasteiger charge is 2.03. The molecule has 0 heterocycles. The SMILES string of the molecule is COC(=O)CCN(C)CCCSC. The van der Waals surface area contributed by atoms with E-state index in [4.69, 9.17) is 0 Å². The zero-order chi connectivity index (χ0) is 10.1. The van der Waals surface area contributed by atoms with Gasteiger partial charge in [-0.25, -0.2) is 0 Å². The molecule has 0 radical (unpaired) electrons. The summed E-state index contributed by atoms with van der Waals surface area (Å²) in [7, 11) is 3.46. The number of ether oxygens (including phenoxy) is 1. The van der Waals surface area contributed by atoms with Crippen LogP contribution in [0.1, 0.15) is 12.8 Å². The van der Waals surface area contributed by atoms with E-state index in [9.17, 15) is 4.79 Å². The number of carbonyl (C=O) groups is 1. The Morgan fingerprint density at radius 2 is 2.15 bits per heavy atom. The molecule has 0 rings (SSSR count). The number of nitrogens with zero attached hydrogens (tertiary/aromatic N) is 1. The molecular formula is C9H19NO2S. The largest absolute Gasteiger partial charge is 0.469 e. The van der Waals surface area contributed by atoms with Crippen molar-refractivity contribution in [3.8, 4) is 0 Å². The van der Waals surface area contributed by atoms with Crippen molar-refractivity contribution in [1.29, 1.82) is 0 Å². The van der Waals surface area contributed by atoms with Gasteiger partial charge in [-0.15, -0.1) is 0 Å². The molecule has 0 N–H and O–H groups in total. The van der Waals surface area contributed by atoms with Gasteiger partial charge < -0.3 is 9.64 Å². The molecule has 0 atom stereocenters. The van der Waals surface area contributed by atoms with Crippen LogP contribution in [0.3, 0.4) is 0 Å². The topological polar surface area (TPSA) is 29.5 Å². The summed E-state index contributed by atoms with van der Waals surface area (Å²) in [6.45, 7) is 1.85. The number of thioether (sulfide) groups is 1. The summed E-state index contributed by atoms with van der Waals surface area (Å²) < 4.78 is 4.56. The van der Waals surface area contributed by atoms with Gasteiger partial charge in [0.2, 0.25) is 0 Å². The fraction of sp³-hybridized carbons (Fsp3) is 0.889. The molecule has 0 spiro atoms. The minimum atomic E-state index is -0.128. The van der Waals surface area contributed by atoms with Gasteiger partial charge in [-0.05, 0) is 32.0 Å². The Morgan fingerprint density at radius 1 is 1.46 bits per heavy atom. The maximum absolute atomic E-state index is 10.8. The standard InChI is InChI=1S/C9H19NO2S/c1-10(6-4-8-13-3)7-5-9(11)12-2/h4-8H2,1-3H3. The van der Waals surface area contributed by atoms with E-state index in [0.717, 1.165) is 13.1 Å². The zero-order valence-corrected chi connectivity index (χ0v) is 9.52. The van der Waals surface area contributed by atoms with E-state index >= 15 is 0 Å². The number of esters is 1. The molecule has 4 heteroatoms. The molecule has 0 aliphatic carbocycles. The fourth-order valence-electron chi connectivity index (χ4n) is 0.975. The van der Waals surface area contributed by atoms with Crippen LogP contribution in [0.2, 0.25) is 0 Å². The second kappa shape index (κ2) is 8.38. The Hall–Kier alpha value is -0.220. The van der Waals surface area contributed by atoms with E-state index in [2.05, 4.69) is 15.9 Å². The van der Waals surface area contributed by atoms with Gasteiger partial charge in [0.1, 0.15) is 0 Å². The molecule has 0 aliphatic rings. The summed E-state index contributed by atoms with van der Waals surface area (Å²) in [5.41, 5.74) is 0. The minimum Gasteiger partial charge on any atom is -0.469 e. The Bertz CT molecular complexity index is 142. The third-order valence-electron chi connectivity index (χ3n) is 1.81. The molecule has 0 saturated heterocycles. The predicted octanol–water partition coefficient (Wildman–Crippen LogP) is 1.23. The van der Waals surface area contributed by atoms with Crippen molar-refractivity contribution >= 4 is 17.7 Å². The first-order valence-electron chi connectivity index (χ1n) is 4.45. The minimum absolute atomic E-state index is 0.128. The van der Waals surface area contributed by atoms with Gasteiger partial charge in [-0.3, -0.25) is 4.79 Å². The Morgan fingerprint density at radius 3 is 2.69 bits per heavy atom. The van der Waals surface area contributed by atoms with Crippen LogP contribution < -0.4 is 0 Å². The van der Waals surface area contributed by atoms with Gasteiger partial charge in [0.25, 0.3) is 0 Å². The summed E-state index contributed by atoms with van der Waals surface area (Å²) >= 11 is 1.85. The lowest BCUT2D eigenvalue weighted by atomic mass is 10.3. The zero-order valence-electron chi connectivity index (χ0n) is 8.71. The van der Waals surface area contributed by atoms with Crippen molar-refractivity contribution in [2.75, 3.05) is 39.3 Å². The number of hydrogen-bond donors (Lipinski definition) is 0. The monoisotopic (exact) mass is 205 g/mol. The smallest absolute Gasteiger partial charge is 0.306 e. The van der Waals surface area contributed by atoms with Crippen LogP contribution >= 0.6 is 11.8 Å². The van der Waals surface area contributed by atoms with Crippen LogP contribution in [0.15, 0.2) is 0 Å². The van der Waals surface area contributed by atoms with Crippen LogP contribution in [-0.2, 0) is 9.53 Å².